The van der Waals surface area contributed by atoms with Crippen LogP contribution >= 0.6 is 23.4 Å². The zero-order valence-corrected chi connectivity index (χ0v) is 16.6. The number of hydrogen-bond donors (Lipinski definition) is 0. The van der Waals surface area contributed by atoms with Gasteiger partial charge in [0.25, 0.3) is 5.91 Å². The van der Waals surface area contributed by atoms with E-state index in [0.29, 0.717) is 17.4 Å². The Hall–Kier alpha value is -2.71. The van der Waals surface area contributed by atoms with Crippen molar-refractivity contribution in [3.8, 4) is 18.0 Å². The van der Waals surface area contributed by atoms with E-state index < -0.39 is 17.8 Å². The van der Waals surface area contributed by atoms with Gasteiger partial charge in [0.2, 0.25) is 0 Å². The van der Waals surface area contributed by atoms with Crippen LogP contribution in [0.5, 0.6) is 0 Å². The summed E-state index contributed by atoms with van der Waals surface area (Å²) in [5.41, 5.74) is 0.505. The number of alkyl halides is 3. The van der Waals surface area contributed by atoms with Crippen molar-refractivity contribution in [1.82, 2.24) is 14.8 Å². The second kappa shape index (κ2) is 10.2. The van der Waals surface area contributed by atoms with Crippen LogP contribution in [0, 0.1) is 12.3 Å². The van der Waals surface area contributed by atoms with E-state index in [1.165, 1.54) is 24.2 Å². The fourth-order valence-electron chi connectivity index (χ4n) is 2.16. The quantitative estimate of drug-likeness (QED) is 0.354. The summed E-state index contributed by atoms with van der Waals surface area (Å²) >= 11 is 6.65. The first-order chi connectivity index (χ1) is 13.8. The molecule has 154 valence electrons. The monoisotopic (exact) mass is 445 g/mol. The molecule has 0 fully saturated rings. The highest BCUT2D eigenvalue weighted by atomic mass is 35.5. The fourth-order valence-corrected chi connectivity index (χ4v) is 3.10. The normalized spacial score (nSPS) is 11.8. The van der Waals surface area contributed by atoms with Crippen molar-refractivity contribution in [2.24, 2.45) is 5.16 Å². The second-order valence-corrected chi connectivity index (χ2v) is 6.73. The minimum atomic E-state index is -4.38. The molecule has 12 heteroatoms. The van der Waals surface area contributed by atoms with Crippen molar-refractivity contribution in [3.05, 3.63) is 35.9 Å². The van der Waals surface area contributed by atoms with Crippen molar-refractivity contribution >= 4 is 40.7 Å². The van der Waals surface area contributed by atoms with Gasteiger partial charge in [-0.3, -0.25) is 14.7 Å². The molecule has 0 aliphatic rings. The Bertz CT molecular complexity index is 912. The van der Waals surface area contributed by atoms with Crippen LogP contribution in [0.25, 0.3) is 5.69 Å². The Balaban J connectivity index is 2.29. The first kappa shape index (κ1) is 22.6. The molecular formula is C17H15ClF3N5O2S. The molecule has 0 bridgehead atoms. The smallest absolute Gasteiger partial charge is 0.397 e. The van der Waals surface area contributed by atoms with Crippen molar-refractivity contribution in [3.63, 3.8) is 0 Å². The Morgan fingerprint density at radius 1 is 1.52 bits per heavy atom. The average molecular weight is 446 g/mol. The summed E-state index contributed by atoms with van der Waals surface area (Å²) in [6.45, 7) is -0.204. The van der Waals surface area contributed by atoms with Gasteiger partial charge in [-0.1, -0.05) is 22.7 Å². The molecule has 7 nitrogen and oxygen atoms in total. The number of thioether (sulfide) groups is 1. The molecule has 0 aliphatic heterocycles. The first-order valence-corrected chi connectivity index (χ1v) is 9.45. The summed E-state index contributed by atoms with van der Waals surface area (Å²) in [6.07, 6.45) is 5.55. The molecule has 1 amide bonds. The number of amides is 1. The van der Waals surface area contributed by atoms with E-state index in [9.17, 15) is 18.0 Å². The molecule has 0 unspecified atom stereocenters. The van der Waals surface area contributed by atoms with Crippen LogP contribution < -0.4 is 4.90 Å². The van der Waals surface area contributed by atoms with Crippen LogP contribution in [0.15, 0.2) is 35.9 Å². The standard InChI is InChI=1S/C17H15ClF3N5O2S/c1-3-7-25(16(27)13(24-28-2)10-29-11-17(19,20)21)14-9-26(23-15(14)18)12-5-4-6-22-8-12/h1,4-6,8-9H,7,10-11H2,2H3/b24-13+. The van der Waals surface area contributed by atoms with E-state index in [4.69, 9.17) is 18.0 Å². The zero-order chi connectivity index (χ0) is 21.4. The van der Waals surface area contributed by atoms with Crippen molar-refractivity contribution in [2.75, 3.05) is 30.1 Å². The topological polar surface area (TPSA) is 72.6 Å². The number of carbonyl (C=O) groups excluding carboxylic acids is 1. The molecule has 0 saturated carbocycles. The minimum absolute atomic E-state index is 0.0304. The van der Waals surface area contributed by atoms with Gasteiger partial charge in [0, 0.05) is 11.9 Å². The molecule has 2 rings (SSSR count). The van der Waals surface area contributed by atoms with Crippen molar-refractivity contribution < 1.29 is 22.8 Å². The average Bonchev–Trinajstić information content (AvgIpc) is 3.06. The Morgan fingerprint density at radius 2 is 2.28 bits per heavy atom. The molecule has 2 heterocycles. The molecule has 0 atom stereocenters. The van der Waals surface area contributed by atoms with Crippen molar-refractivity contribution in [2.45, 2.75) is 6.18 Å². The Morgan fingerprint density at radius 3 is 2.86 bits per heavy atom. The van der Waals surface area contributed by atoms with E-state index in [1.807, 2.05) is 0 Å². The predicted octanol–water partition coefficient (Wildman–Crippen LogP) is 3.18. The maximum absolute atomic E-state index is 12.9. The van der Waals surface area contributed by atoms with Gasteiger partial charge >= 0.3 is 6.18 Å². The number of aromatic nitrogens is 3. The molecule has 0 N–H and O–H groups in total. The zero-order valence-electron chi connectivity index (χ0n) is 15.1. The summed E-state index contributed by atoms with van der Waals surface area (Å²) in [7, 11) is 1.18. The summed E-state index contributed by atoms with van der Waals surface area (Å²) in [4.78, 5) is 22.6. The molecule has 0 aromatic carbocycles. The molecule has 29 heavy (non-hydrogen) atoms. The Labute approximate surface area is 173 Å². The largest absolute Gasteiger partial charge is 0.399 e. The van der Waals surface area contributed by atoms with Gasteiger partial charge in [-0.25, -0.2) is 4.68 Å². The fraction of sp³-hybridized carbons (Fsp3) is 0.294. The van der Waals surface area contributed by atoms with E-state index in [0.717, 1.165) is 4.90 Å². The minimum Gasteiger partial charge on any atom is -0.399 e. The molecular weight excluding hydrogens is 431 g/mol. The lowest BCUT2D eigenvalue weighted by atomic mass is 10.3. The summed E-state index contributed by atoms with van der Waals surface area (Å²) in [5.74, 6) is 0.0991. The third-order valence-electron chi connectivity index (χ3n) is 3.30. The van der Waals surface area contributed by atoms with Crippen LogP contribution in [0.2, 0.25) is 5.15 Å². The number of terminal acetylenes is 1. The van der Waals surface area contributed by atoms with Gasteiger partial charge in [0.15, 0.2) is 10.9 Å². The number of oxime groups is 1. The lowest BCUT2D eigenvalue weighted by molar-refractivity contribution is -0.112. The number of nitrogens with zero attached hydrogens (tertiary/aromatic N) is 5. The maximum Gasteiger partial charge on any atom is 0.397 e. The van der Waals surface area contributed by atoms with Crippen LogP contribution in [0.4, 0.5) is 18.9 Å². The third-order valence-corrected chi connectivity index (χ3v) is 4.58. The van der Waals surface area contributed by atoms with Crippen LogP contribution in [-0.2, 0) is 9.63 Å². The number of carbonyl (C=O) groups is 1. The van der Waals surface area contributed by atoms with Crippen LogP contribution in [0.1, 0.15) is 0 Å². The van der Waals surface area contributed by atoms with Gasteiger partial charge < -0.3 is 4.84 Å². The number of rotatable bonds is 8. The van der Waals surface area contributed by atoms with E-state index in [1.54, 1.807) is 18.3 Å². The van der Waals surface area contributed by atoms with E-state index in [-0.39, 0.29) is 28.8 Å². The molecule has 2 aromatic heterocycles. The van der Waals surface area contributed by atoms with Gasteiger partial charge in [0.1, 0.15) is 12.8 Å². The van der Waals surface area contributed by atoms with Gasteiger partial charge in [-0.2, -0.15) is 18.3 Å². The number of hydrogen-bond acceptors (Lipinski definition) is 6. The first-order valence-electron chi connectivity index (χ1n) is 7.92. The van der Waals surface area contributed by atoms with Crippen LogP contribution in [0.3, 0.4) is 0 Å². The molecule has 0 aliphatic carbocycles. The number of pyridine rings is 1. The van der Waals surface area contributed by atoms with Gasteiger partial charge in [-0.15, -0.1) is 18.2 Å². The number of anilines is 1. The van der Waals surface area contributed by atoms with E-state index in [2.05, 4.69) is 26.0 Å². The van der Waals surface area contributed by atoms with Gasteiger partial charge in [-0.05, 0) is 12.1 Å². The highest BCUT2D eigenvalue weighted by Crippen LogP contribution is 2.27. The highest BCUT2D eigenvalue weighted by molar-refractivity contribution is 8.00. The summed E-state index contributed by atoms with van der Waals surface area (Å²) in [6, 6.07) is 3.41. The summed E-state index contributed by atoms with van der Waals surface area (Å²) < 4.78 is 38.6. The van der Waals surface area contributed by atoms with Crippen LogP contribution in [-0.4, -0.2) is 57.7 Å². The highest BCUT2D eigenvalue weighted by Gasteiger charge is 2.30. The van der Waals surface area contributed by atoms with E-state index >= 15 is 0 Å². The SMILES string of the molecule is C#CCN(C(=O)/C(CSCC(F)(F)F)=N/OC)c1cn(-c2cccnc2)nc1Cl. The lowest BCUT2D eigenvalue weighted by Crippen LogP contribution is -2.38. The predicted molar refractivity (Wildman–Crippen MR) is 105 cm³/mol. The lowest BCUT2D eigenvalue weighted by Gasteiger charge is -2.19. The molecule has 0 saturated heterocycles. The van der Waals surface area contributed by atoms with Gasteiger partial charge in [0.05, 0.1) is 30.4 Å². The second-order valence-electron chi connectivity index (χ2n) is 5.38. The third kappa shape index (κ3) is 6.40. The number of halogens is 4. The summed E-state index contributed by atoms with van der Waals surface area (Å²) in [5, 5.41) is 7.65. The molecule has 0 spiro atoms. The Kier molecular flexibility index (Phi) is 7.92. The molecule has 0 radical (unpaired) electrons. The van der Waals surface area contributed by atoms with Crippen molar-refractivity contribution in [1.29, 1.82) is 0 Å². The molecule has 2 aromatic rings. The maximum atomic E-state index is 12.9.